The van der Waals surface area contributed by atoms with Crippen molar-refractivity contribution in [3.8, 4) is 0 Å². The van der Waals surface area contributed by atoms with Crippen LogP contribution in [0.5, 0.6) is 0 Å². The van der Waals surface area contributed by atoms with Crippen LogP contribution in [-0.2, 0) is 4.79 Å². The first-order valence-corrected chi connectivity index (χ1v) is 7.53. The second-order valence-corrected chi connectivity index (χ2v) is 6.76. The van der Waals surface area contributed by atoms with Crippen molar-refractivity contribution in [3.63, 3.8) is 0 Å². The number of carboxylic acid groups (broad SMARTS) is 1. The fourth-order valence-corrected chi connectivity index (χ4v) is 2.06. The van der Waals surface area contributed by atoms with Crippen LogP contribution in [0.25, 0.3) is 0 Å². The molecule has 2 amide bonds. The Bertz CT molecular complexity index is 314. The number of nitrogens with one attached hydrogen (secondary N) is 1. The molecule has 6 heteroatoms. The summed E-state index contributed by atoms with van der Waals surface area (Å²) in [5, 5.41) is 11.7. The summed E-state index contributed by atoms with van der Waals surface area (Å²) in [6.07, 6.45) is -1.06. The van der Waals surface area contributed by atoms with Gasteiger partial charge >= 0.3 is 6.09 Å². The summed E-state index contributed by atoms with van der Waals surface area (Å²) >= 11 is 3.17. The minimum atomic E-state index is -1.06. The number of carbonyl (C=O) groups is 2. The zero-order valence-corrected chi connectivity index (χ0v) is 14.0. The summed E-state index contributed by atoms with van der Waals surface area (Å²) in [6.45, 7) is 11.0. The average molecular weight is 337 g/mol. The number of hydrogen-bond acceptors (Lipinski definition) is 2. The molecular formula is C13H25BrN2O3. The Kier molecular flexibility index (Phi) is 7.41. The number of nitrogens with zero attached hydrogens (tertiary/aromatic N) is 1. The van der Waals surface area contributed by atoms with Crippen molar-refractivity contribution in [3.05, 3.63) is 0 Å². The fourth-order valence-electron chi connectivity index (χ4n) is 1.71. The third-order valence-electron chi connectivity index (χ3n) is 2.80. The molecule has 0 heterocycles. The monoisotopic (exact) mass is 336 g/mol. The molecule has 0 aromatic carbocycles. The van der Waals surface area contributed by atoms with E-state index in [0.29, 0.717) is 19.0 Å². The van der Waals surface area contributed by atoms with E-state index in [9.17, 15) is 9.59 Å². The van der Waals surface area contributed by atoms with Crippen molar-refractivity contribution in [2.24, 2.45) is 11.3 Å². The molecule has 0 bridgehead atoms. The van der Waals surface area contributed by atoms with Crippen molar-refractivity contribution >= 4 is 27.9 Å². The summed E-state index contributed by atoms with van der Waals surface area (Å²) in [5.74, 6) is 0.323. The lowest BCUT2D eigenvalue weighted by Gasteiger charge is -2.35. The van der Waals surface area contributed by atoms with E-state index < -0.39 is 6.09 Å². The van der Waals surface area contributed by atoms with Crippen LogP contribution in [0.4, 0.5) is 4.79 Å². The molecule has 1 unspecified atom stereocenters. The van der Waals surface area contributed by atoms with Gasteiger partial charge in [0.15, 0.2) is 0 Å². The number of alkyl halides is 1. The maximum Gasteiger partial charge on any atom is 0.404 e. The van der Waals surface area contributed by atoms with E-state index >= 15 is 0 Å². The highest BCUT2D eigenvalue weighted by atomic mass is 79.9. The van der Waals surface area contributed by atoms with E-state index in [1.165, 1.54) is 0 Å². The van der Waals surface area contributed by atoms with Crippen LogP contribution in [-0.4, -0.2) is 46.5 Å². The molecule has 0 radical (unpaired) electrons. The van der Waals surface area contributed by atoms with E-state index in [0.717, 1.165) is 0 Å². The van der Waals surface area contributed by atoms with Crippen LogP contribution in [0.2, 0.25) is 0 Å². The topological polar surface area (TPSA) is 69.6 Å². The number of amides is 2. The molecule has 2 N–H and O–H groups in total. The largest absolute Gasteiger partial charge is 0.465 e. The van der Waals surface area contributed by atoms with Crippen LogP contribution < -0.4 is 5.32 Å². The van der Waals surface area contributed by atoms with Gasteiger partial charge in [-0.15, -0.1) is 0 Å². The molecule has 0 fully saturated rings. The van der Waals surface area contributed by atoms with Crippen molar-refractivity contribution in [1.82, 2.24) is 10.2 Å². The average Bonchev–Trinajstić information content (AvgIpc) is 2.23. The molecule has 112 valence electrons. The zero-order chi connectivity index (χ0) is 15.2. The van der Waals surface area contributed by atoms with Crippen LogP contribution in [0.15, 0.2) is 0 Å². The highest BCUT2D eigenvalue weighted by molar-refractivity contribution is 9.09. The second kappa shape index (κ2) is 7.72. The predicted octanol–water partition coefficient (Wildman–Crippen LogP) is 2.55. The lowest BCUT2D eigenvalue weighted by atomic mass is 9.86. The molecule has 0 saturated carbocycles. The van der Waals surface area contributed by atoms with E-state index in [2.05, 4.69) is 21.2 Å². The number of halogens is 1. The van der Waals surface area contributed by atoms with Crippen LogP contribution >= 0.6 is 15.9 Å². The number of rotatable bonds is 6. The summed E-state index contributed by atoms with van der Waals surface area (Å²) < 4.78 is 0. The Hall–Kier alpha value is -0.780. The molecule has 0 aromatic rings. The van der Waals surface area contributed by atoms with E-state index in [1.54, 1.807) is 4.90 Å². The predicted molar refractivity (Wildman–Crippen MR) is 79.6 cm³/mol. The van der Waals surface area contributed by atoms with Crippen molar-refractivity contribution in [2.75, 3.05) is 18.4 Å². The Morgan fingerprint density at radius 1 is 1.26 bits per heavy atom. The van der Waals surface area contributed by atoms with Gasteiger partial charge < -0.3 is 15.3 Å². The van der Waals surface area contributed by atoms with Gasteiger partial charge in [-0.3, -0.25) is 4.79 Å². The van der Waals surface area contributed by atoms with Gasteiger partial charge in [0.1, 0.15) is 0 Å². The first kappa shape index (κ1) is 18.2. The van der Waals surface area contributed by atoms with Crippen molar-refractivity contribution < 1.29 is 14.7 Å². The van der Waals surface area contributed by atoms with Crippen LogP contribution in [0.1, 0.15) is 34.6 Å². The SMILES string of the molecule is CC(C)CN(CC(NC(=O)O)C(C)(C)C)C(=O)CBr. The first-order chi connectivity index (χ1) is 8.57. The third-order valence-corrected chi connectivity index (χ3v) is 3.28. The summed E-state index contributed by atoms with van der Waals surface area (Å²) in [6, 6.07) is -0.299. The fraction of sp³-hybridized carbons (Fsp3) is 0.846. The van der Waals surface area contributed by atoms with Gasteiger partial charge in [-0.2, -0.15) is 0 Å². The third kappa shape index (κ3) is 7.40. The standard InChI is InChI=1S/C13H25BrN2O3/c1-9(2)7-16(11(17)6-14)8-10(13(3,4)5)15-12(18)19/h9-10,15H,6-8H2,1-5H3,(H,18,19). The van der Waals surface area contributed by atoms with Gasteiger partial charge in [0.05, 0.1) is 11.4 Å². The molecular weight excluding hydrogens is 312 g/mol. The molecule has 0 aliphatic carbocycles. The summed E-state index contributed by atoms with van der Waals surface area (Å²) in [5.41, 5.74) is -0.250. The lowest BCUT2D eigenvalue weighted by molar-refractivity contribution is -0.129. The van der Waals surface area contributed by atoms with Crippen molar-refractivity contribution in [1.29, 1.82) is 0 Å². The van der Waals surface area contributed by atoms with Gasteiger partial charge in [0.2, 0.25) is 5.91 Å². The molecule has 19 heavy (non-hydrogen) atoms. The minimum Gasteiger partial charge on any atom is -0.465 e. The Balaban J connectivity index is 4.91. The molecule has 0 aliphatic rings. The molecule has 0 aromatic heterocycles. The van der Waals surface area contributed by atoms with E-state index in [-0.39, 0.29) is 22.7 Å². The Morgan fingerprint density at radius 2 is 1.79 bits per heavy atom. The molecule has 0 aliphatic heterocycles. The molecule has 0 spiro atoms. The Morgan fingerprint density at radius 3 is 2.11 bits per heavy atom. The minimum absolute atomic E-state index is 0.0184. The Labute approximate surface area is 123 Å². The van der Waals surface area contributed by atoms with Gasteiger partial charge in [-0.25, -0.2) is 4.79 Å². The first-order valence-electron chi connectivity index (χ1n) is 6.41. The van der Waals surface area contributed by atoms with Gasteiger partial charge in [0, 0.05) is 13.1 Å². The van der Waals surface area contributed by atoms with Gasteiger partial charge in [0.25, 0.3) is 0 Å². The molecule has 0 rings (SSSR count). The smallest absolute Gasteiger partial charge is 0.404 e. The van der Waals surface area contributed by atoms with E-state index in [1.807, 2.05) is 34.6 Å². The maximum atomic E-state index is 11.9. The molecule has 5 nitrogen and oxygen atoms in total. The number of hydrogen-bond donors (Lipinski definition) is 2. The highest BCUT2D eigenvalue weighted by Crippen LogP contribution is 2.21. The maximum absolute atomic E-state index is 11.9. The van der Waals surface area contributed by atoms with E-state index in [4.69, 9.17) is 5.11 Å². The normalized spacial score (nSPS) is 13.2. The molecule has 0 saturated heterocycles. The van der Waals surface area contributed by atoms with Gasteiger partial charge in [-0.05, 0) is 11.3 Å². The number of carbonyl (C=O) groups excluding carboxylic acids is 1. The van der Waals surface area contributed by atoms with Crippen LogP contribution in [0, 0.1) is 11.3 Å². The highest BCUT2D eigenvalue weighted by Gasteiger charge is 2.29. The quantitative estimate of drug-likeness (QED) is 0.732. The van der Waals surface area contributed by atoms with Gasteiger partial charge in [-0.1, -0.05) is 50.5 Å². The summed E-state index contributed by atoms with van der Waals surface area (Å²) in [4.78, 5) is 24.5. The molecule has 1 atom stereocenters. The lowest BCUT2D eigenvalue weighted by Crippen LogP contribution is -2.52. The second-order valence-electron chi connectivity index (χ2n) is 6.19. The van der Waals surface area contributed by atoms with Crippen LogP contribution in [0.3, 0.4) is 0 Å². The van der Waals surface area contributed by atoms with Crippen molar-refractivity contribution in [2.45, 2.75) is 40.7 Å². The zero-order valence-electron chi connectivity index (χ0n) is 12.4. The summed E-state index contributed by atoms with van der Waals surface area (Å²) in [7, 11) is 0.